The molecule has 2 nitrogen and oxygen atoms in total. The van der Waals surface area contributed by atoms with Crippen molar-refractivity contribution in [3.05, 3.63) is 53.7 Å². The maximum atomic E-state index is 4.57. The van der Waals surface area contributed by atoms with Crippen molar-refractivity contribution in [1.29, 1.82) is 0 Å². The summed E-state index contributed by atoms with van der Waals surface area (Å²) in [7, 11) is 0. The number of aryl methyl sites for hydroxylation is 1. The zero-order valence-electron chi connectivity index (χ0n) is 11.7. The lowest BCUT2D eigenvalue weighted by atomic mass is 10.2. The average molecular weight is 272 g/mol. The van der Waals surface area contributed by atoms with Crippen LogP contribution in [0.2, 0.25) is 0 Å². The first-order valence-electron chi connectivity index (χ1n) is 6.57. The first kappa shape index (κ1) is 14.1. The molecule has 19 heavy (non-hydrogen) atoms. The van der Waals surface area contributed by atoms with E-state index in [-0.39, 0.29) is 0 Å². The van der Waals surface area contributed by atoms with E-state index in [1.165, 1.54) is 16.0 Å². The molecule has 0 saturated heterocycles. The summed E-state index contributed by atoms with van der Waals surface area (Å²) in [6.07, 6.45) is 1.97. The van der Waals surface area contributed by atoms with Crippen LogP contribution in [0.25, 0.3) is 0 Å². The Kier molecular flexibility index (Phi) is 5.00. The molecule has 0 bridgehead atoms. The van der Waals surface area contributed by atoms with E-state index in [0.717, 1.165) is 11.6 Å². The van der Waals surface area contributed by atoms with Crippen molar-refractivity contribution < 1.29 is 0 Å². The van der Waals surface area contributed by atoms with Gasteiger partial charge in [-0.25, -0.2) is 4.98 Å². The van der Waals surface area contributed by atoms with Gasteiger partial charge in [0.2, 0.25) is 0 Å². The van der Waals surface area contributed by atoms with Crippen LogP contribution in [0.15, 0.2) is 52.5 Å². The second-order valence-corrected chi connectivity index (χ2v) is 5.98. The first-order valence-corrected chi connectivity index (χ1v) is 7.38. The number of pyridine rings is 1. The number of nitrogens with zero attached hydrogens (tertiary/aromatic N) is 1. The van der Waals surface area contributed by atoms with Gasteiger partial charge in [-0.3, -0.25) is 0 Å². The number of rotatable bonds is 5. The highest BCUT2D eigenvalue weighted by molar-refractivity contribution is 7.99. The zero-order chi connectivity index (χ0) is 13.7. The highest BCUT2D eigenvalue weighted by Crippen LogP contribution is 2.28. The number of hydrogen-bond donors (Lipinski definition) is 1. The molecule has 1 N–H and O–H groups in total. The second-order valence-electron chi connectivity index (χ2n) is 4.92. The Morgan fingerprint density at radius 2 is 1.95 bits per heavy atom. The lowest BCUT2D eigenvalue weighted by Crippen LogP contribution is -2.21. The molecule has 2 rings (SSSR count). The van der Waals surface area contributed by atoms with Crippen LogP contribution in [-0.4, -0.2) is 11.0 Å². The fourth-order valence-corrected chi connectivity index (χ4v) is 2.59. The fraction of sp³-hybridized carbons (Fsp3) is 0.312. The van der Waals surface area contributed by atoms with E-state index in [0.29, 0.717) is 6.04 Å². The molecule has 3 heteroatoms. The minimum Gasteiger partial charge on any atom is -0.310 e. The molecule has 0 saturated carbocycles. The Hall–Kier alpha value is -1.32. The van der Waals surface area contributed by atoms with Gasteiger partial charge in [0.05, 0.1) is 0 Å². The maximum absolute atomic E-state index is 4.57. The molecule has 0 atom stereocenters. The van der Waals surface area contributed by atoms with Crippen LogP contribution < -0.4 is 5.32 Å². The highest BCUT2D eigenvalue weighted by Gasteiger charge is 2.04. The van der Waals surface area contributed by atoms with Crippen molar-refractivity contribution in [2.24, 2.45) is 0 Å². The minimum atomic E-state index is 0.499. The molecule has 0 aliphatic heterocycles. The Morgan fingerprint density at radius 1 is 1.21 bits per heavy atom. The van der Waals surface area contributed by atoms with Gasteiger partial charge >= 0.3 is 0 Å². The minimum absolute atomic E-state index is 0.499. The smallest absolute Gasteiger partial charge is 0.104 e. The molecule has 1 heterocycles. The normalized spacial score (nSPS) is 10.9. The van der Waals surface area contributed by atoms with Gasteiger partial charge in [0.15, 0.2) is 0 Å². The first-order chi connectivity index (χ1) is 9.15. The van der Waals surface area contributed by atoms with Crippen molar-refractivity contribution in [1.82, 2.24) is 10.3 Å². The lowest BCUT2D eigenvalue weighted by molar-refractivity contribution is 0.587. The Labute approximate surface area is 119 Å². The Morgan fingerprint density at radius 3 is 2.58 bits per heavy atom. The van der Waals surface area contributed by atoms with E-state index in [2.05, 4.69) is 61.4 Å². The zero-order valence-corrected chi connectivity index (χ0v) is 12.5. The van der Waals surface area contributed by atoms with Gasteiger partial charge in [-0.15, -0.1) is 0 Å². The fourth-order valence-electron chi connectivity index (χ4n) is 1.75. The van der Waals surface area contributed by atoms with E-state index in [1.807, 2.05) is 12.3 Å². The van der Waals surface area contributed by atoms with Crippen molar-refractivity contribution in [2.45, 2.75) is 43.3 Å². The molecule has 100 valence electrons. The van der Waals surface area contributed by atoms with Gasteiger partial charge in [0, 0.05) is 23.7 Å². The predicted molar refractivity (Wildman–Crippen MR) is 81.5 cm³/mol. The molecule has 0 spiro atoms. The molecule has 0 amide bonds. The van der Waals surface area contributed by atoms with Crippen LogP contribution in [-0.2, 0) is 6.54 Å². The van der Waals surface area contributed by atoms with Crippen LogP contribution >= 0.6 is 11.8 Å². The lowest BCUT2D eigenvalue weighted by Gasteiger charge is -2.10. The summed E-state index contributed by atoms with van der Waals surface area (Å²) in [5.41, 5.74) is 2.47. The molecule has 0 radical (unpaired) electrons. The maximum Gasteiger partial charge on any atom is 0.104 e. The number of nitrogens with one attached hydrogen (secondary N) is 1. The monoisotopic (exact) mass is 272 g/mol. The number of benzene rings is 1. The third kappa shape index (κ3) is 4.37. The predicted octanol–water partition coefficient (Wildman–Crippen LogP) is 4.04. The molecule has 0 fully saturated rings. The van der Waals surface area contributed by atoms with Crippen LogP contribution in [0.5, 0.6) is 0 Å². The topological polar surface area (TPSA) is 24.9 Å². The van der Waals surface area contributed by atoms with Gasteiger partial charge < -0.3 is 5.32 Å². The quantitative estimate of drug-likeness (QED) is 0.889. The van der Waals surface area contributed by atoms with E-state index in [1.54, 1.807) is 11.8 Å². The van der Waals surface area contributed by atoms with Crippen LogP contribution in [0.1, 0.15) is 25.0 Å². The molecular weight excluding hydrogens is 252 g/mol. The number of aromatic nitrogens is 1. The van der Waals surface area contributed by atoms with Crippen molar-refractivity contribution in [3.63, 3.8) is 0 Å². The molecule has 0 aliphatic rings. The van der Waals surface area contributed by atoms with Crippen molar-refractivity contribution in [3.8, 4) is 0 Å². The molecule has 2 aromatic rings. The van der Waals surface area contributed by atoms with Crippen LogP contribution in [0.3, 0.4) is 0 Å². The molecular formula is C16H20N2S. The van der Waals surface area contributed by atoms with Gasteiger partial charge in [0.25, 0.3) is 0 Å². The van der Waals surface area contributed by atoms with E-state index in [9.17, 15) is 0 Å². The third-order valence-electron chi connectivity index (χ3n) is 2.76. The van der Waals surface area contributed by atoms with Crippen molar-refractivity contribution >= 4 is 11.8 Å². The highest BCUT2D eigenvalue weighted by atomic mass is 32.2. The summed E-state index contributed by atoms with van der Waals surface area (Å²) in [6, 6.07) is 13.1. The number of hydrogen-bond acceptors (Lipinski definition) is 3. The third-order valence-corrected chi connectivity index (χ3v) is 3.89. The molecule has 1 aromatic carbocycles. The van der Waals surface area contributed by atoms with Gasteiger partial charge in [-0.1, -0.05) is 49.9 Å². The molecule has 0 unspecified atom stereocenters. The Balaban J connectivity index is 2.07. The SMILES string of the molecule is Cc1cc(CNC(C)C)cnc1Sc1ccccc1. The molecule has 1 aromatic heterocycles. The van der Waals surface area contributed by atoms with Gasteiger partial charge in [-0.05, 0) is 30.2 Å². The van der Waals surface area contributed by atoms with Crippen LogP contribution in [0.4, 0.5) is 0 Å². The summed E-state index contributed by atoms with van der Waals surface area (Å²) in [5.74, 6) is 0. The van der Waals surface area contributed by atoms with E-state index in [4.69, 9.17) is 0 Å². The van der Waals surface area contributed by atoms with E-state index >= 15 is 0 Å². The summed E-state index contributed by atoms with van der Waals surface area (Å²) in [6.45, 7) is 7.30. The average Bonchev–Trinajstić information content (AvgIpc) is 2.40. The summed E-state index contributed by atoms with van der Waals surface area (Å²) < 4.78 is 0. The van der Waals surface area contributed by atoms with Crippen LogP contribution in [0, 0.1) is 6.92 Å². The van der Waals surface area contributed by atoms with E-state index < -0.39 is 0 Å². The summed E-state index contributed by atoms with van der Waals surface area (Å²) >= 11 is 1.72. The van der Waals surface area contributed by atoms with Gasteiger partial charge in [0.1, 0.15) is 5.03 Å². The van der Waals surface area contributed by atoms with Gasteiger partial charge in [-0.2, -0.15) is 0 Å². The van der Waals surface area contributed by atoms with Crippen molar-refractivity contribution in [2.75, 3.05) is 0 Å². The molecule has 0 aliphatic carbocycles. The second kappa shape index (κ2) is 6.73. The summed E-state index contributed by atoms with van der Waals surface area (Å²) in [5, 5.41) is 4.49. The Bertz CT molecular complexity index is 524. The standard InChI is InChI=1S/C16H20N2S/c1-12(2)17-10-14-9-13(3)16(18-11-14)19-15-7-5-4-6-8-15/h4-9,11-12,17H,10H2,1-3H3. The summed E-state index contributed by atoms with van der Waals surface area (Å²) in [4.78, 5) is 5.80. The largest absolute Gasteiger partial charge is 0.310 e.